The molecule has 0 aliphatic rings. The van der Waals surface area contributed by atoms with Crippen LogP contribution in [0.3, 0.4) is 0 Å². The van der Waals surface area contributed by atoms with Crippen molar-refractivity contribution in [1.82, 2.24) is 4.98 Å². The quantitative estimate of drug-likeness (QED) is 0.827. The number of fused-ring (bicyclic) bond motifs is 1. The van der Waals surface area contributed by atoms with E-state index in [9.17, 15) is 9.90 Å². The normalized spacial score (nSPS) is 10.6. The average molecular weight is 290 g/mol. The van der Waals surface area contributed by atoms with Crippen molar-refractivity contribution in [3.8, 4) is 11.6 Å². The summed E-state index contributed by atoms with van der Waals surface area (Å²) in [6.45, 7) is 1.81. The number of benzene rings is 1. The first kappa shape index (κ1) is 12.9. The van der Waals surface area contributed by atoms with E-state index >= 15 is 0 Å². The lowest BCUT2D eigenvalue weighted by Crippen LogP contribution is -2.10. The van der Waals surface area contributed by atoms with Crippen molar-refractivity contribution in [2.45, 2.75) is 6.92 Å². The van der Waals surface area contributed by atoms with E-state index in [1.807, 2.05) is 0 Å². The summed E-state index contributed by atoms with van der Waals surface area (Å²) in [5.41, 5.74) is 0.462. The van der Waals surface area contributed by atoms with Gasteiger partial charge in [-0.3, -0.25) is 0 Å². The lowest BCUT2D eigenvalue weighted by Gasteiger charge is -2.01. The van der Waals surface area contributed by atoms with Crippen molar-refractivity contribution in [3.63, 3.8) is 0 Å². The molecule has 2 rings (SSSR count). The van der Waals surface area contributed by atoms with E-state index in [1.165, 1.54) is 6.07 Å². The Kier molecular flexibility index (Phi) is 3.54. The lowest BCUT2D eigenvalue weighted by atomic mass is 10.2. The molecular formula is C11H9Cl2NO4. The second-order valence-corrected chi connectivity index (χ2v) is 4.24. The molecular weight excluding hydrogens is 281 g/mol. The first-order chi connectivity index (χ1) is 8.52. The minimum Gasteiger partial charge on any atom is -0.503 e. The number of ether oxygens (including phenoxy) is 2. The van der Waals surface area contributed by atoms with Gasteiger partial charge in [-0.15, -0.1) is 0 Å². The van der Waals surface area contributed by atoms with E-state index in [0.29, 0.717) is 15.9 Å². The van der Waals surface area contributed by atoms with Crippen molar-refractivity contribution in [3.05, 3.63) is 22.2 Å². The van der Waals surface area contributed by atoms with Crippen LogP contribution in [0, 0.1) is 0 Å². The molecule has 5 nitrogen and oxygen atoms in total. The fourth-order valence-electron chi connectivity index (χ4n) is 1.51. The number of halogens is 2. The smallest absolute Gasteiger partial charge is 0.503 e. The number of aromatic amines is 1. The van der Waals surface area contributed by atoms with E-state index in [4.69, 9.17) is 27.9 Å². The van der Waals surface area contributed by atoms with Gasteiger partial charge in [0.05, 0.1) is 22.5 Å². The van der Waals surface area contributed by atoms with Crippen molar-refractivity contribution in [2.75, 3.05) is 6.61 Å². The number of nitrogens with one attached hydrogen (secondary N) is 1. The Balaban J connectivity index is 2.44. The fraction of sp³-hybridized carbons (Fsp3) is 0.182. The summed E-state index contributed by atoms with van der Waals surface area (Å²) in [6.07, 6.45) is -0.915. The number of carbonyl (C=O) groups excluding carboxylic acids is 1. The van der Waals surface area contributed by atoms with Crippen LogP contribution in [0.15, 0.2) is 12.1 Å². The van der Waals surface area contributed by atoms with Gasteiger partial charge in [-0.25, -0.2) is 4.79 Å². The summed E-state index contributed by atoms with van der Waals surface area (Å²) < 4.78 is 9.40. The Labute approximate surface area is 112 Å². The molecule has 0 atom stereocenters. The molecule has 2 aromatic rings. The molecule has 0 aliphatic carbocycles. The number of aromatic hydroxyl groups is 1. The molecule has 0 saturated carbocycles. The molecule has 0 radical (unpaired) electrons. The Hall–Kier alpha value is -1.59. The van der Waals surface area contributed by atoms with Crippen LogP contribution in [-0.4, -0.2) is 22.9 Å². The minimum absolute atomic E-state index is 0.132. The molecule has 2 N–H and O–H groups in total. The number of hydrogen-bond donors (Lipinski definition) is 2. The lowest BCUT2D eigenvalue weighted by molar-refractivity contribution is 0.102. The second-order valence-electron chi connectivity index (χ2n) is 3.40. The zero-order chi connectivity index (χ0) is 13.3. The zero-order valence-electron chi connectivity index (χ0n) is 9.29. The van der Waals surface area contributed by atoms with Crippen molar-refractivity contribution in [1.29, 1.82) is 0 Å². The van der Waals surface area contributed by atoms with E-state index in [0.717, 1.165) is 0 Å². The molecule has 96 valence electrons. The highest BCUT2D eigenvalue weighted by atomic mass is 35.5. The van der Waals surface area contributed by atoms with Gasteiger partial charge < -0.3 is 19.6 Å². The van der Waals surface area contributed by atoms with Gasteiger partial charge in [-0.1, -0.05) is 23.2 Å². The maximum atomic E-state index is 11.2. The van der Waals surface area contributed by atoms with Crippen LogP contribution in [0.2, 0.25) is 10.0 Å². The third kappa shape index (κ3) is 2.32. The Morgan fingerprint density at radius 2 is 2.17 bits per heavy atom. The molecule has 0 bridgehead atoms. The predicted octanol–water partition coefficient (Wildman–Crippen LogP) is 3.72. The molecule has 7 heteroatoms. The zero-order valence-corrected chi connectivity index (χ0v) is 10.8. The van der Waals surface area contributed by atoms with Gasteiger partial charge in [0.15, 0.2) is 5.75 Å². The van der Waals surface area contributed by atoms with Gasteiger partial charge in [0, 0.05) is 5.02 Å². The van der Waals surface area contributed by atoms with Crippen LogP contribution in [0.25, 0.3) is 10.9 Å². The standard InChI is InChI=1S/C11H9Cl2NO4/c1-2-17-11(16)18-10-9(15)8-6(13)3-5(12)4-7(8)14-10/h3-4,14-15H,2H2,1H3. The van der Waals surface area contributed by atoms with Crippen molar-refractivity contribution >= 4 is 40.3 Å². The minimum atomic E-state index is -0.915. The van der Waals surface area contributed by atoms with Crippen LogP contribution in [0.1, 0.15) is 6.92 Å². The maximum Gasteiger partial charge on any atom is 0.515 e. The second kappa shape index (κ2) is 4.96. The fourth-order valence-corrected chi connectivity index (χ4v) is 2.10. The number of H-pyrrole nitrogens is 1. The summed E-state index contributed by atoms with van der Waals surface area (Å²) in [4.78, 5) is 13.9. The van der Waals surface area contributed by atoms with E-state index in [2.05, 4.69) is 9.72 Å². The third-order valence-corrected chi connectivity index (χ3v) is 2.72. The van der Waals surface area contributed by atoms with Crippen LogP contribution in [0.4, 0.5) is 4.79 Å². The molecule has 0 amide bonds. The van der Waals surface area contributed by atoms with Crippen LogP contribution < -0.4 is 4.74 Å². The highest BCUT2D eigenvalue weighted by Gasteiger charge is 2.18. The molecule has 18 heavy (non-hydrogen) atoms. The molecule has 0 fully saturated rings. The van der Waals surface area contributed by atoms with Crippen LogP contribution >= 0.6 is 23.2 Å². The molecule has 0 aliphatic heterocycles. The monoisotopic (exact) mass is 289 g/mol. The van der Waals surface area contributed by atoms with Gasteiger partial charge in [-0.05, 0) is 19.1 Å². The van der Waals surface area contributed by atoms with Gasteiger partial charge in [-0.2, -0.15) is 0 Å². The largest absolute Gasteiger partial charge is 0.515 e. The molecule has 0 spiro atoms. The highest BCUT2D eigenvalue weighted by molar-refractivity contribution is 6.39. The molecule has 1 aromatic carbocycles. The first-order valence-electron chi connectivity index (χ1n) is 5.07. The molecule has 1 aromatic heterocycles. The Morgan fingerprint density at radius 1 is 1.44 bits per heavy atom. The van der Waals surface area contributed by atoms with Gasteiger partial charge in [0.25, 0.3) is 0 Å². The van der Waals surface area contributed by atoms with E-state index < -0.39 is 6.16 Å². The number of aromatic nitrogens is 1. The first-order valence-corrected chi connectivity index (χ1v) is 5.82. The Morgan fingerprint density at radius 3 is 2.83 bits per heavy atom. The van der Waals surface area contributed by atoms with Crippen molar-refractivity contribution in [2.24, 2.45) is 0 Å². The molecule has 1 heterocycles. The van der Waals surface area contributed by atoms with E-state index in [1.54, 1.807) is 13.0 Å². The number of rotatable bonds is 2. The Bertz CT molecular complexity index is 609. The summed E-state index contributed by atoms with van der Waals surface area (Å²) in [7, 11) is 0. The van der Waals surface area contributed by atoms with Crippen LogP contribution in [0.5, 0.6) is 11.6 Å². The predicted molar refractivity (Wildman–Crippen MR) is 67.6 cm³/mol. The molecule has 0 unspecified atom stereocenters. The van der Waals surface area contributed by atoms with Gasteiger partial charge in [0.1, 0.15) is 0 Å². The summed E-state index contributed by atoms with van der Waals surface area (Å²) in [6, 6.07) is 3.04. The third-order valence-electron chi connectivity index (χ3n) is 2.20. The van der Waals surface area contributed by atoms with Gasteiger partial charge in [0.2, 0.25) is 5.88 Å². The van der Waals surface area contributed by atoms with Crippen LogP contribution in [-0.2, 0) is 4.74 Å². The van der Waals surface area contributed by atoms with E-state index in [-0.39, 0.29) is 23.3 Å². The summed E-state index contributed by atoms with van der Waals surface area (Å²) in [5.74, 6) is -0.396. The topological polar surface area (TPSA) is 71.5 Å². The number of hydrogen-bond acceptors (Lipinski definition) is 4. The summed E-state index contributed by atoms with van der Waals surface area (Å²) in [5, 5.41) is 10.9. The highest BCUT2D eigenvalue weighted by Crippen LogP contribution is 2.40. The number of carbonyl (C=O) groups is 1. The SMILES string of the molecule is CCOC(=O)Oc1[nH]c2cc(Cl)cc(Cl)c2c1O. The average Bonchev–Trinajstić information content (AvgIpc) is 2.55. The summed E-state index contributed by atoms with van der Waals surface area (Å²) >= 11 is 11.8. The maximum absolute atomic E-state index is 11.2. The molecule has 0 saturated heterocycles. The van der Waals surface area contributed by atoms with Crippen molar-refractivity contribution < 1.29 is 19.4 Å². The van der Waals surface area contributed by atoms with Gasteiger partial charge >= 0.3 is 6.16 Å².